The van der Waals surface area contributed by atoms with Crippen LogP contribution in [0.25, 0.3) is 0 Å². The second-order valence-corrected chi connectivity index (χ2v) is 9.25. The zero-order valence-electron chi connectivity index (χ0n) is 18.1. The van der Waals surface area contributed by atoms with Crippen molar-refractivity contribution in [3.05, 3.63) is 47.4 Å². The SMILES string of the molecule is CC1(C)CC(Nc2cc(NCc3cnccc3C(F)(F)F)ncc2C#N)CC(C)(C)N1. The molecule has 0 unspecified atom stereocenters. The van der Waals surface area contributed by atoms with E-state index in [1.807, 2.05) is 0 Å². The van der Waals surface area contributed by atoms with Crippen molar-refractivity contribution in [2.75, 3.05) is 10.6 Å². The first-order chi connectivity index (χ1) is 14.4. The summed E-state index contributed by atoms with van der Waals surface area (Å²) < 4.78 is 39.6. The van der Waals surface area contributed by atoms with Crippen LogP contribution in [0.2, 0.25) is 0 Å². The fraction of sp³-hybridized carbons (Fsp3) is 0.500. The summed E-state index contributed by atoms with van der Waals surface area (Å²) in [6, 6.07) is 4.88. The van der Waals surface area contributed by atoms with Gasteiger partial charge < -0.3 is 16.0 Å². The molecule has 0 saturated carbocycles. The number of piperidine rings is 1. The Kier molecular flexibility index (Phi) is 6.14. The molecule has 3 heterocycles. The lowest BCUT2D eigenvalue weighted by Crippen LogP contribution is -2.60. The summed E-state index contributed by atoms with van der Waals surface area (Å²) in [5, 5.41) is 19.5. The topological polar surface area (TPSA) is 85.7 Å². The molecule has 6 nitrogen and oxygen atoms in total. The first kappa shape index (κ1) is 22.8. The number of pyridine rings is 2. The minimum absolute atomic E-state index is 0.0255. The van der Waals surface area contributed by atoms with E-state index in [1.165, 1.54) is 12.4 Å². The van der Waals surface area contributed by atoms with Gasteiger partial charge in [-0.1, -0.05) is 0 Å². The molecule has 0 radical (unpaired) electrons. The number of alkyl halides is 3. The predicted molar refractivity (Wildman–Crippen MR) is 113 cm³/mol. The minimum atomic E-state index is -4.46. The summed E-state index contributed by atoms with van der Waals surface area (Å²) in [6.07, 6.45) is 0.998. The Labute approximate surface area is 180 Å². The van der Waals surface area contributed by atoms with Crippen molar-refractivity contribution in [1.29, 1.82) is 5.26 Å². The van der Waals surface area contributed by atoms with Crippen LogP contribution in [0.1, 0.15) is 57.2 Å². The van der Waals surface area contributed by atoms with Gasteiger partial charge in [-0.2, -0.15) is 18.4 Å². The van der Waals surface area contributed by atoms with Gasteiger partial charge in [0.15, 0.2) is 0 Å². The standard InChI is InChI=1S/C22H27F3N6/c1-20(2)8-16(9-21(3,4)31-20)30-18-7-19(28-12-14(18)10-26)29-13-15-11-27-6-5-17(15)22(23,24)25/h5-7,11-12,16,31H,8-9,13H2,1-4H3,(H2,28,29,30). The van der Waals surface area contributed by atoms with Crippen molar-refractivity contribution in [2.24, 2.45) is 0 Å². The Morgan fingerprint density at radius 3 is 2.48 bits per heavy atom. The lowest BCUT2D eigenvalue weighted by molar-refractivity contribution is -0.138. The van der Waals surface area contributed by atoms with Crippen LogP contribution in [0.3, 0.4) is 0 Å². The lowest BCUT2D eigenvalue weighted by atomic mass is 9.79. The molecule has 0 aromatic carbocycles. The maximum Gasteiger partial charge on any atom is 0.416 e. The zero-order chi connectivity index (χ0) is 22.9. The fourth-order valence-corrected chi connectivity index (χ4v) is 4.44. The number of halogens is 3. The molecule has 1 aliphatic rings. The van der Waals surface area contributed by atoms with Crippen LogP contribution in [0, 0.1) is 11.3 Å². The van der Waals surface area contributed by atoms with Crippen LogP contribution >= 0.6 is 0 Å². The lowest BCUT2D eigenvalue weighted by Gasteiger charge is -2.47. The van der Waals surface area contributed by atoms with E-state index >= 15 is 0 Å². The minimum Gasteiger partial charge on any atom is -0.381 e. The van der Waals surface area contributed by atoms with Crippen LogP contribution in [0.5, 0.6) is 0 Å². The summed E-state index contributed by atoms with van der Waals surface area (Å²) in [6.45, 7) is 8.46. The Bertz CT molecular complexity index is 962. The van der Waals surface area contributed by atoms with E-state index in [0.29, 0.717) is 17.1 Å². The summed E-state index contributed by atoms with van der Waals surface area (Å²) in [5.74, 6) is 0.380. The molecule has 0 aliphatic carbocycles. The van der Waals surface area contributed by atoms with E-state index in [9.17, 15) is 18.4 Å². The van der Waals surface area contributed by atoms with E-state index in [-0.39, 0.29) is 29.2 Å². The predicted octanol–water partition coefficient (Wildman–Crippen LogP) is 4.70. The summed E-state index contributed by atoms with van der Waals surface area (Å²) >= 11 is 0. The maximum atomic E-state index is 13.2. The molecule has 1 fully saturated rings. The molecular weight excluding hydrogens is 405 g/mol. The van der Waals surface area contributed by atoms with Crippen molar-refractivity contribution in [1.82, 2.24) is 15.3 Å². The Balaban J connectivity index is 1.78. The van der Waals surface area contributed by atoms with Crippen molar-refractivity contribution in [3.8, 4) is 6.07 Å². The molecule has 9 heteroatoms. The molecular formula is C22H27F3N6. The van der Waals surface area contributed by atoms with Gasteiger partial charge in [0.2, 0.25) is 0 Å². The third kappa shape index (κ3) is 5.85. The van der Waals surface area contributed by atoms with Crippen LogP contribution in [0.15, 0.2) is 30.7 Å². The molecule has 3 rings (SSSR count). The molecule has 1 saturated heterocycles. The quantitative estimate of drug-likeness (QED) is 0.635. The highest BCUT2D eigenvalue weighted by molar-refractivity contribution is 5.62. The van der Waals surface area contributed by atoms with Crippen molar-refractivity contribution < 1.29 is 13.2 Å². The number of nitriles is 1. The largest absolute Gasteiger partial charge is 0.416 e. The second-order valence-electron chi connectivity index (χ2n) is 9.25. The first-order valence-electron chi connectivity index (χ1n) is 10.1. The van der Waals surface area contributed by atoms with Crippen LogP contribution < -0.4 is 16.0 Å². The monoisotopic (exact) mass is 432 g/mol. The van der Waals surface area contributed by atoms with Gasteiger partial charge in [-0.25, -0.2) is 4.98 Å². The molecule has 2 aromatic rings. The van der Waals surface area contributed by atoms with Crippen LogP contribution in [0.4, 0.5) is 24.7 Å². The fourth-order valence-electron chi connectivity index (χ4n) is 4.44. The van der Waals surface area contributed by atoms with Crippen molar-refractivity contribution in [2.45, 2.75) is 70.4 Å². The number of nitrogens with one attached hydrogen (secondary N) is 3. The molecule has 0 spiro atoms. The van der Waals surface area contributed by atoms with Gasteiger partial charge in [0.05, 0.1) is 16.8 Å². The number of anilines is 2. The summed E-state index contributed by atoms with van der Waals surface area (Å²) in [4.78, 5) is 7.98. The Morgan fingerprint density at radius 2 is 1.87 bits per heavy atom. The third-order valence-electron chi connectivity index (χ3n) is 5.24. The van der Waals surface area contributed by atoms with Crippen LogP contribution in [-0.2, 0) is 12.7 Å². The van der Waals surface area contributed by atoms with Gasteiger partial charge in [-0.05, 0) is 46.6 Å². The molecule has 3 N–H and O–H groups in total. The summed E-state index contributed by atoms with van der Waals surface area (Å²) in [7, 11) is 0. The van der Waals surface area contributed by atoms with Crippen molar-refractivity contribution in [3.63, 3.8) is 0 Å². The van der Waals surface area contributed by atoms with Crippen molar-refractivity contribution >= 4 is 11.5 Å². The van der Waals surface area contributed by atoms with Gasteiger partial charge >= 0.3 is 6.18 Å². The highest BCUT2D eigenvalue weighted by atomic mass is 19.4. The number of nitrogens with zero attached hydrogens (tertiary/aromatic N) is 3. The smallest absolute Gasteiger partial charge is 0.381 e. The molecule has 2 aromatic heterocycles. The molecule has 0 bridgehead atoms. The van der Waals surface area contributed by atoms with E-state index in [0.717, 1.165) is 25.1 Å². The Hall–Kier alpha value is -2.86. The zero-order valence-corrected chi connectivity index (χ0v) is 18.1. The highest BCUT2D eigenvalue weighted by Gasteiger charge is 2.38. The van der Waals surface area contributed by atoms with E-state index < -0.39 is 11.7 Å². The van der Waals surface area contributed by atoms with Gasteiger partial charge in [0.1, 0.15) is 11.9 Å². The molecule has 31 heavy (non-hydrogen) atoms. The average Bonchev–Trinajstić information content (AvgIpc) is 2.63. The van der Waals surface area contributed by atoms with E-state index in [1.54, 1.807) is 6.07 Å². The normalized spacial score (nSPS) is 18.3. The van der Waals surface area contributed by atoms with Gasteiger partial charge in [0.25, 0.3) is 0 Å². The average molecular weight is 432 g/mol. The molecule has 0 amide bonds. The van der Waals surface area contributed by atoms with Gasteiger partial charge in [-0.3, -0.25) is 4.98 Å². The second kappa shape index (κ2) is 8.35. The summed E-state index contributed by atoms with van der Waals surface area (Å²) in [5.41, 5.74) is 0.139. The van der Waals surface area contributed by atoms with Gasteiger partial charge in [-0.15, -0.1) is 0 Å². The third-order valence-corrected chi connectivity index (χ3v) is 5.24. The first-order valence-corrected chi connectivity index (χ1v) is 10.1. The maximum absolute atomic E-state index is 13.2. The number of rotatable bonds is 5. The van der Waals surface area contributed by atoms with E-state index in [2.05, 4.69) is 59.7 Å². The van der Waals surface area contributed by atoms with Crippen LogP contribution in [-0.4, -0.2) is 27.1 Å². The molecule has 1 aliphatic heterocycles. The Morgan fingerprint density at radius 1 is 1.19 bits per heavy atom. The van der Waals surface area contributed by atoms with Gasteiger partial charge in [0, 0.05) is 53.9 Å². The highest BCUT2D eigenvalue weighted by Crippen LogP contribution is 2.33. The molecule has 166 valence electrons. The number of aromatic nitrogens is 2. The molecule has 0 atom stereocenters. The number of hydrogen-bond donors (Lipinski definition) is 3. The number of hydrogen-bond acceptors (Lipinski definition) is 6. The van der Waals surface area contributed by atoms with E-state index in [4.69, 9.17) is 0 Å².